The largest absolute Gasteiger partial charge is 0.295 e. The van der Waals surface area contributed by atoms with E-state index in [1.165, 1.54) is 11.8 Å². The number of hydrogen-bond acceptors (Lipinski definition) is 5. The zero-order chi connectivity index (χ0) is 13.0. The van der Waals surface area contributed by atoms with Crippen LogP contribution in [0.5, 0.6) is 0 Å². The van der Waals surface area contributed by atoms with Crippen LogP contribution in [0, 0.1) is 0 Å². The molecule has 0 bridgehead atoms. The van der Waals surface area contributed by atoms with Gasteiger partial charge < -0.3 is 0 Å². The highest BCUT2D eigenvalue weighted by Gasteiger charge is 2.04. The molecule has 5 heteroatoms. The molecule has 92 valence electrons. The van der Waals surface area contributed by atoms with Crippen molar-refractivity contribution in [1.29, 1.82) is 0 Å². The highest BCUT2D eigenvalue weighted by Crippen LogP contribution is 2.28. The van der Waals surface area contributed by atoms with Crippen LogP contribution < -0.4 is 0 Å². The molecule has 2 heterocycles. The Hall–Kier alpha value is -1.46. The lowest BCUT2D eigenvalue weighted by atomic mass is 10.3. The summed E-state index contributed by atoms with van der Waals surface area (Å²) in [5, 5.41) is 0.765. The molecule has 2 rings (SSSR count). The SMILES string of the molecule is CSc1nccc(-c2ccc(/C=C/C(C)=O)s2)n1. The van der Waals surface area contributed by atoms with Crippen LogP contribution in [-0.4, -0.2) is 22.0 Å². The third-order valence-corrected chi connectivity index (χ3v) is 3.81. The lowest BCUT2D eigenvalue weighted by Gasteiger charge is -1.98. The van der Waals surface area contributed by atoms with Gasteiger partial charge in [0.1, 0.15) is 0 Å². The fourth-order valence-corrected chi connectivity index (χ4v) is 2.59. The maximum atomic E-state index is 10.9. The third kappa shape index (κ3) is 3.27. The summed E-state index contributed by atoms with van der Waals surface area (Å²) in [6.07, 6.45) is 7.11. The van der Waals surface area contributed by atoms with E-state index in [2.05, 4.69) is 9.97 Å². The van der Waals surface area contributed by atoms with Crippen LogP contribution in [0.15, 0.2) is 35.6 Å². The minimum Gasteiger partial charge on any atom is -0.295 e. The van der Waals surface area contributed by atoms with Crippen LogP contribution >= 0.6 is 23.1 Å². The van der Waals surface area contributed by atoms with Gasteiger partial charge in [-0.3, -0.25) is 4.79 Å². The van der Waals surface area contributed by atoms with E-state index in [1.807, 2.05) is 30.5 Å². The van der Waals surface area contributed by atoms with Crippen LogP contribution in [-0.2, 0) is 4.79 Å². The van der Waals surface area contributed by atoms with E-state index >= 15 is 0 Å². The molecule has 18 heavy (non-hydrogen) atoms. The predicted molar refractivity (Wildman–Crippen MR) is 76.8 cm³/mol. The van der Waals surface area contributed by atoms with Crippen molar-refractivity contribution in [3.05, 3.63) is 35.3 Å². The van der Waals surface area contributed by atoms with E-state index in [1.54, 1.807) is 30.5 Å². The van der Waals surface area contributed by atoms with Crippen molar-refractivity contribution in [2.24, 2.45) is 0 Å². The minimum absolute atomic E-state index is 0.0525. The van der Waals surface area contributed by atoms with Gasteiger partial charge in [0.05, 0.1) is 10.6 Å². The summed E-state index contributed by atoms with van der Waals surface area (Å²) in [5.41, 5.74) is 0.918. The highest BCUT2D eigenvalue weighted by molar-refractivity contribution is 7.98. The summed E-state index contributed by atoms with van der Waals surface area (Å²) in [5.74, 6) is 0.0525. The molecule has 2 aromatic rings. The highest BCUT2D eigenvalue weighted by atomic mass is 32.2. The van der Waals surface area contributed by atoms with Gasteiger partial charge in [0, 0.05) is 11.1 Å². The van der Waals surface area contributed by atoms with Gasteiger partial charge in [0.25, 0.3) is 0 Å². The van der Waals surface area contributed by atoms with Crippen LogP contribution in [0.25, 0.3) is 16.6 Å². The minimum atomic E-state index is 0.0525. The second-order valence-electron chi connectivity index (χ2n) is 3.57. The molecule has 0 amide bonds. The molecule has 0 N–H and O–H groups in total. The molecule has 0 unspecified atom stereocenters. The standard InChI is InChI=1S/C13H12N2OS2/c1-9(16)3-4-10-5-6-12(18-10)11-7-8-14-13(15-11)17-2/h3-8H,1-2H3/b4-3+. The first-order valence-corrected chi connectivity index (χ1v) is 7.39. The van der Waals surface area contributed by atoms with E-state index in [-0.39, 0.29) is 5.78 Å². The number of thiophene rings is 1. The van der Waals surface area contributed by atoms with Gasteiger partial charge in [-0.1, -0.05) is 11.8 Å². The molecular formula is C13H12N2OS2. The lowest BCUT2D eigenvalue weighted by molar-refractivity contribution is -0.112. The van der Waals surface area contributed by atoms with Crippen LogP contribution in [0.3, 0.4) is 0 Å². The topological polar surface area (TPSA) is 42.9 Å². The molecule has 0 spiro atoms. The molecule has 0 fully saturated rings. The Morgan fingerprint density at radius 3 is 2.94 bits per heavy atom. The summed E-state index contributed by atoms with van der Waals surface area (Å²) in [6, 6.07) is 5.89. The third-order valence-electron chi connectivity index (χ3n) is 2.18. The van der Waals surface area contributed by atoms with Gasteiger partial charge in [-0.15, -0.1) is 11.3 Å². The van der Waals surface area contributed by atoms with Crippen molar-refractivity contribution in [3.8, 4) is 10.6 Å². The fraction of sp³-hybridized carbons (Fsp3) is 0.154. The number of hydrogen-bond donors (Lipinski definition) is 0. The van der Waals surface area contributed by atoms with Gasteiger partial charge in [0.15, 0.2) is 10.9 Å². The Morgan fingerprint density at radius 2 is 2.22 bits per heavy atom. The maximum Gasteiger partial charge on any atom is 0.187 e. The molecule has 0 aliphatic rings. The quantitative estimate of drug-likeness (QED) is 0.487. The number of aromatic nitrogens is 2. The van der Waals surface area contributed by atoms with Crippen LogP contribution in [0.2, 0.25) is 0 Å². The summed E-state index contributed by atoms with van der Waals surface area (Å²) < 4.78 is 0. The zero-order valence-corrected chi connectivity index (χ0v) is 11.7. The van der Waals surface area contributed by atoms with E-state index in [0.717, 1.165) is 20.6 Å². The van der Waals surface area contributed by atoms with Gasteiger partial charge in [-0.05, 0) is 43.5 Å². The number of allylic oxidation sites excluding steroid dienone is 1. The summed E-state index contributed by atoms with van der Waals surface area (Å²) in [4.78, 5) is 21.6. The Kier molecular flexibility index (Phi) is 4.28. The Bertz CT molecular complexity index is 590. The second-order valence-corrected chi connectivity index (χ2v) is 5.46. The van der Waals surface area contributed by atoms with Gasteiger partial charge in [-0.25, -0.2) is 9.97 Å². The average Bonchev–Trinajstić information content (AvgIpc) is 2.85. The first-order chi connectivity index (χ1) is 8.69. The van der Waals surface area contributed by atoms with Gasteiger partial charge in [0.2, 0.25) is 0 Å². The number of carbonyl (C=O) groups excluding carboxylic acids is 1. The number of rotatable bonds is 4. The zero-order valence-electron chi connectivity index (χ0n) is 10.1. The number of thioether (sulfide) groups is 1. The van der Waals surface area contributed by atoms with Crippen LogP contribution in [0.1, 0.15) is 11.8 Å². The van der Waals surface area contributed by atoms with Crippen molar-refractivity contribution in [1.82, 2.24) is 9.97 Å². The lowest BCUT2D eigenvalue weighted by Crippen LogP contribution is -1.86. The molecule has 0 saturated heterocycles. The number of ketones is 1. The molecular weight excluding hydrogens is 264 g/mol. The molecule has 0 aliphatic carbocycles. The smallest absolute Gasteiger partial charge is 0.187 e. The van der Waals surface area contributed by atoms with E-state index in [9.17, 15) is 4.79 Å². The average molecular weight is 276 g/mol. The normalized spacial score (nSPS) is 11.0. The summed E-state index contributed by atoms with van der Waals surface area (Å²) >= 11 is 3.13. The Labute approximate surface area is 114 Å². The molecule has 0 radical (unpaired) electrons. The number of nitrogens with zero attached hydrogens (tertiary/aromatic N) is 2. The fourth-order valence-electron chi connectivity index (χ4n) is 1.36. The number of carbonyl (C=O) groups is 1. The van der Waals surface area contributed by atoms with E-state index in [0.29, 0.717) is 0 Å². The Balaban J connectivity index is 2.26. The van der Waals surface area contributed by atoms with E-state index < -0.39 is 0 Å². The van der Waals surface area contributed by atoms with E-state index in [4.69, 9.17) is 0 Å². The van der Waals surface area contributed by atoms with Crippen molar-refractivity contribution < 1.29 is 4.79 Å². The molecule has 0 aromatic carbocycles. The van der Waals surface area contributed by atoms with Crippen molar-refractivity contribution in [2.45, 2.75) is 12.1 Å². The van der Waals surface area contributed by atoms with Gasteiger partial charge in [-0.2, -0.15) is 0 Å². The maximum absolute atomic E-state index is 10.9. The predicted octanol–water partition coefficient (Wildman–Crippen LogP) is 3.53. The van der Waals surface area contributed by atoms with Crippen molar-refractivity contribution >= 4 is 35.0 Å². The second kappa shape index (κ2) is 5.93. The first-order valence-electron chi connectivity index (χ1n) is 5.35. The van der Waals surface area contributed by atoms with Crippen molar-refractivity contribution in [2.75, 3.05) is 6.26 Å². The molecule has 3 nitrogen and oxygen atoms in total. The molecule has 0 atom stereocenters. The Morgan fingerprint density at radius 1 is 1.39 bits per heavy atom. The monoisotopic (exact) mass is 276 g/mol. The van der Waals surface area contributed by atoms with Crippen LogP contribution in [0.4, 0.5) is 0 Å². The van der Waals surface area contributed by atoms with Crippen molar-refractivity contribution in [3.63, 3.8) is 0 Å². The van der Waals surface area contributed by atoms with Gasteiger partial charge >= 0.3 is 0 Å². The molecule has 0 saturated carbocycles. The first kappa shape index (κ1) is 13.0. The summed E-state index contributed by atoms with van der Waals surface area (Å²) in [7, 11) is 0. The summed E-state index contributed by atoms with van der Waals surface area (Å²) in [6.45, 7) is 1.54. The molecule has 2 aromatic heterocycles. The molecule has 0 aliphatic heterocycles.